The summed E-state index contributed by atoms with van der Waals surface area (Å²) in [4.78, 5) is 25.9. The Bertz CT molecular complexity index is 596. The van der Waals surface area contributed by atoms with Crippen molar-refractivity contribution in [2.24, 2.45) is 11.8 Å². The monoisotopic (exact) mass is 330 g/mol. The number of carbonyl (C=O) groups is 2. The minimum atomic E-state index is -0.328. The first-order chi connectivity index (χ1) is 11.7. The third kappa shape index (κ3) is 3.89. The molecule has 1 N–H and O–H groups in total. The van der Waals surface area contributed by atoms with Crippen molar-refractivity contribution in [3.8, 4) is 0 Å². The number of ether oxygens (including phenoxy) is 1. The average Bonchev–Trinajstić information content (AvgIpc) is 3.24. The molecule has 1 aromatic carbocycles. The van der Waals surface area contributed by atoms with Crippen LogP contribution < -0.4 is 10.2 Å². The molecule has 2 amide bonds. The van der Waals surface area contributed by atoms with Crippen molar-refractivity contribution in [2.75, 3.05) is 23.4 Å². The largest absolute Gasteiger partial charge is 0.447 e. The van der Waals surface area contributed by atoms with Crippen LogP contribution in [0.5, 0.6) is 0 Å². The van der Waals surface area contributed by atoms with Gasteiger partial charge < -0.3 is 10.1 Å². The summed E-state index contributed by atoms with van der Waals surface area (Å²) < 4.78 is 4.97. The van der Waals surface area contributed by atoms with Crippen molar-refractivity contribution in [3.05, 3.63) is 24.3 Å². The number of rotatable bonds is 6. The van der Waals surface area contributed by atoms with Crippen molar-refractivity contribution in [2.45, 2.75) is 45.4 Å². The number of anilines is 2. The molecule has 0 bridgehead atoms. The Morgan fingerprint density at radius 3 is 2.83 bits per heavy atom. The summed E-state index contributed by atoms with van der Waals surface area (Å²) in [7, 11) is 0. The molecule has 3 rings (SSSR count). The highest BCUT2D eigenvalue weighted by molar-refractivity contribution is 5.94. The molecule has 1 saturated carbocycles. The molecule has 1 aliphatic carbocycles. The molecular formula is C19H26N2O3. The maximum atomic E-state index is 12.6. The molecule has 2 aliphatic rings. The SMILES string of the molecule is CC[C@H](CC1CCCC1)C(=O)Nc1cccc(N2CCOC2=O)c1. The van der Waals surface area contributed by atoms with Gasteiger partial charge in [0.05, 0.1) is 6.54 Å². The maximum absolute atomic E-state index is 12.6. The highest BCUT2D eigenvalue weighted by Gasteiger charge is 2.25. The van der Waals surface area contributed by atoms with Crippen LogP contribution in [0, 0.1) is 11.8 Å². The number of carbonyl (C=O) groups excluding carboxylic acids is 2. The van der Waals surface area contributed by atoms with E-state index in [9.17, 15) is 9.59 Å². The molecular weight excluding hydrogens is 304 g/mol. The van der Waals surface area contributed by atoms with E-state index in [1.807, 2.05) is 24.3 Å². The van der Waals surface area contributed by atoms with Gasteiger partial charge in [-0.05, 0) is 37.0 Å². The van der Waals surface area contributed by atoms with Gasteiger partial charge in [-0.2, -0.15) is 0 Å². The molecule has 2 fully saturated rings. The number of nitrogens with zero attached hydrogens (tertiary/aromatic N) is 1. The number of cyclic esters (lactones) is 1. The second kappa shape index (κ2) is 7.69. The lowest BCUT2D eigenvalue weighted by atomic mass is 9.91. The van der Waals surface area contributed by atoms with E-state index in [2.05, 4.69) is 12.2 Å². The Morgan fingerprint density at radius 1 is 1.38 bits per heavy atom. The van der Waals surface area contributed by atoms with Crippen LogP contribution in [0.3, 0.4) is 0 Å². The summed E-state index contributed by atoms with van der Waals surface area (Å²) in [5, 5.41) is 3.03. The Balaban J connectivity index is 1.63. The van der Waals surface area contributed by atoms with E-state index in [-0.39, 0.29) is 17.9 Å². The van der Waals surface area contributed by atoms with Crippen molar-refractivity contribution < 1.29 is 14.3 Å². The Kier molecular flexibility index (Phi) is 5.38. The predicted molar refractivity (Wildman–Crippen MR) is 94.1 cm³/mol. The van der Waals surface area contributed by atoms with Gasteiger partial charge in [0.2, 0.25) is 5.91 Å². The fourth-order valence-corrected chi connectivity index (χ4v) is 3.73. The van der Waals surface area contributed by atoms with Crippen LogP contribution in [-0.4, -0.2) is 25.2 Å². The van der Waals surface area contributed by atoms with Gasteiger partial charge in [0.25, 0.3) is 0 Å². The van der Waals surface area contributed by atoms with Crippen molar-refractivity contribution in [3.63, 3.8) is 0 Å². The Labute approximate surface area is 143 Å². The topological polar surface area (TPSA) is 58.6 Å². The van der Waals surface area contributed by atoms with E-state index < -0.39 is 0 Å². The second-order valence-corrected chi connectivity index (χ2v) is 6.80. The van der Waals surface area contributed by atoms with E-state index in [0.29, 0.717) is 19.1 Å². The highest BCUT2D eigenvalue weighted by Crippen LogP contribution is 2.32. The summed E-state index contributed by atoms with van der Waals surface area (Å²) in [6.45, 7) is 3.04. The Morgan fingerprint density at radius 2 is 2.17 bits per heavy atom. The number of nitrogens with one attached hydrogen (secondary N) is 1. The predicted octanol–water partition coefficient (Wildman–Crippen LogP) is 4.19. The number of hydrogen-bond acceptors (Lipinski definition) is 3. The van der Waals surface area contributed by atoms with Crippen LogP contribution in [0.1, 0.15) is 45.4 Å². The van der Waals surface area contributed by atoms with Crippen LogP contribution >= 0.6 is 0 Å². The zero-order valence-corrected chi connectivity index (χ0v) is 14.3. The van der Waals surface area contributed by atoms with E-state index in [1.165, 1.54) is 25.7 Å². The molecule has 1 atom stereocenters. The third-order valence-electron chi connectivity index (χ3n) is 5.14. The lowest BCUT2D eigenvalue weighted by molar-refractivity contribution is -0.120. The van der Waals surface area contributed by atoms with Gasteiger partial charge in [-0.15, -0.1) is 0 Å². The quantitative estimate of drug-likeness (QED) is 0.851. The smallest absolute Gasteiger partial charge is 0.414 e. The molecule has 1 heterocycles. The van der Waals surface area contributed by atoms with Crippen molar-refractivity contribution >= 4 is 23.4 Å². The molecule has 130 valence electrons. The third-order valence-corrected chi connectivity index (χ3v) is 5.14. The minimum absolute atomic E-state index is 0.0634. The summed E-state index contributed by atoms with van der Waals surface area (Å²) in [6, 6.07) is 7.42. The highest BCUT2D eigenvalue weighted by atomic mass is 16.6. The van der Waals surface area contributed by atoms with Gasteiger partial charge in [-0.3, -0.25) is 9.69 Å². The lowest BCUT2D eigenvalue weighted by Gasteiger charge is -2.19. The van der Waals surface area contributed by atoms with Gasteiger partial charge in [-0.25, -0.2) is 4.79 Å². The van der Waals surface area contributed by atoms with Crippen molar-refractivity contribution in [1.82, 2.24) is 0 Å². The van der Waals surface area contributed by atoms with E-state index in [4.69, 9.17) is 4.74 Å². The summed E-state index contributed by atoms with van der Waals surface area (Å²) in [5.74, 6) is 0.852. The van der Waals surface area contributed by atoms with Gasteiger partial charge in [-0.1, -0.05) is 38.7 Å². The molecule has 1 aliphatic heterocycles. The fourth-order valence-electron chi connectivity index (χ4n) is 3.73. The fraction of sp³-hybridized carbons (Fsp3) is 0.579. The molecule has 1 saturated heterocycles. The molecule has 5 heteroatoms. The maximum Gasteiger partial charge on any atom is 0.414 e. The summed E-state index contributed by atoms with van der Waals surface area (Å²) in [5.41, 5.74) is 1.50. The van der Waals surface area contributed by atoms with Crippen LogP contribution in [0.15, 0.2) is 24.3 Å². The number of hydrogen-bond donors (Lipinski definition) is 1. The molecule has 24 heavy (non-hydrogen) atoms. The van der Waals surface area contributed by atoms with Gasteiger partial charge in [0, 0.05) is 17.3 Å². The van der Waals surface area contributed by atoms with Crippen LogP contribution in [0.2, 0.25) is 0 Å². The molecule has 1 aromatic rings. The van der Waals surface area contributed by atoms with E-state index in [0.717, 1.165) is 24.2 Å². The normalized spacial score (nSPS) is 19.4. The van der Waals surface area contributed by atoms with Crippen LogP contribution in [0.25, 0.3) is 0 Å². The molecule has 0 aromatic heterocycles. The zero-order valence-electron chi connectivity index (χ0n) is 14.3. The first-order valence-corrected chi connectivity index (χ1v) is 9.02. The number of amides is 2. The van der Waals surface area contributed by atoms with Crippen LogP contribution in [0.4, 0.5) is 16.2 Å². The number of benzene rings is 1. The van der Waals surface area contributed by atoms with Gasteiger partial charge >= 0.3 is 6.09 Å². The minimum Gasteiger partial charge on any atom is -0.447 e. The second-order valence-electron chi connectivity index (χ2n) is 6.80. The molecule has 0 spiro atoms. The standard InChI is InChI=1S/C19H26N2O3/c1-2-15(12-14-6-3-4-7-14)18(22)20-16-8-5-9-17(13-16)21-10-11-24-19(21)23/h5,8-9,13-15H,2-4,6-7,10-12H2,1H3,(H,20,22)/t15-/m1/s1. The van der Waals surface area contributed by atoms with Gasteiger partial charge in [0.15, 0.2) is 0 Å². The first-order valence-electron chi connectivity index (χ1n) is 9.02. The average molecular weight is 330 g/mol. The van der Waals surface area contributed by atoms with Crippen molar-refractivity contribution in [1.29, 1.82) is 0 Å². The Hall–Kier alpha value is -2.04. The summed E-state index contributed by atoms with van der Waals surface area (Å²) in [6.07, 6.45) is 6.65. The molecule has 0 radical (unpaired) electrons. The van der Waals surface area contributed by atoms with Gasteiger partial charge in [0.1, 0.15) is 6.61 Å². The lowest BCUT2D eigenvalue weighted by Crippen LogP contribution is -2.25. The zero-order chi connectivity index (χ0) is 16.9. The van der Waals surface area contributed by atoms with E-state index in [1.54, 1.807) is 4.90 Å². The van der Waals surface area contributed by atoms with E-state index >= 15 is 0 Å². The van der Waals surface area contributed by atoms with Crippen LogP contribution in [-0.2, 0) is 9.53 Å². The molecule has 5 nitrogen and oxygen atoms in total. The first kappa shape index (κ1) is 16.8. The molecule has 0 unspecified atom stereocenters. The summed E-state index contributed by atoms with van der Waals surface area (Å²) >= 11 is 0.